The van der Waals surface area contributed by atoms with Crippen LogP contribution in [-0.2, 0) is 7.05 Å². The summed E-state index contributed by atoms with van der Waals surface area (Å²) in [6.45, 7) is 0. The summed E-state index contributed by atoms with van der Waals surface area (Å²) in [6.07, 6.45) is 1.63. The molecular formula is C8H9N5O. The molecule has 2 aromatic heterocycles. The molecule has 6 nitrogen and oxygen atoms in total. The van der Waals surface area contributed by atoms with Gasteiger partial charge in [0.2, 0.25) is 0 Å². The molecule has 0 bridgehead atoms. The zero-order chi connectivity index (χ0) is 10.3. The third kappa shape index (κ3) is 1.08. The fourth-order valence-corrected chi connectivity index (χ4v) is 1.29. The lowest BCUT2D eigenvalue weighted by atomic mass is 10.2. The molecule has 0 atom stereocenters. The Morgan fingerprint density at radius 1 is 1.57 bits per heavy atom. The van der Waals surface area contributed by atoms with Crippen molar-refractivity contribution in [3.8, 4) is 0 Å². The van der Waals surface area contributed by atoms with Gasteiger partial charge in [0.05, 0.1) is 11.9 Å². The normalized spacial score (nSPS) is 10.6. The number of carbonyl (C=O) groups is 1. The monoisotopic (exact) mass is 191 g/mol. The summed E-state index contributed by atoms with van der Waals surface area (Å²) in [7, 11) is 1.73. The van der Waals surface area contributed by atoms with E-state index in [0.29, 0.717) is 5.65 Å². The number of carbonyl (C=O) groups excluding carboxylic acids is 1. The first-order valence-corrected chi connectivity index (χ1v) is 3.97. The van der Waals surface area contributed by atoms with Gasteiger partial charge in [-0.15, -0.1) is 0 Å². The van der Waals surface area contributed by atoms with E-state index in [4.69, 9.17) is 11.5 Å². The van der Waals surface area contributed by atoms with Crippen LogP contribution in [0.4, 0.5) is 5.69 Å². The van der Waals surface area contributed by atoms with Crippen molar-refractivity contribution in [3.63, 3.8) is 0 Å². The van der Waals surface area contributed by atoms with Gasteiger partial charge < -0.3 is 11.5 Å². The van der Waals surface area contributed by atoms with Gasteiger partial charge in [-0.2, -0.15) is 5.10 Å². The van der Waals surface area contributed by atoms with E-state index in [1.165, 1.54) is 0 Å². The fraction of sp³-hybridized carbons (Fsp3) is 0.125. The third-order valence-corrected chi connectivity index (χ3v) is 1.97. The fourth-order valence-electron chi connectivity index (χ4n) is 1.29. The van der Waals surface area contributed by atoms with Gasteiger partial charge in [-0.1, -0.05) is 0 Å². The lowest BCUT2D eigenvalue weighted by Crippen LogP contribution is -2.16. The number of pyridine rings is 1. The number of anilines is 1. The molecule has 0 saturated heterocycles. The second kappa shape index (κ2) is 2.69. The van der Waals surface area contributed by atoms with Gasteiger partial charge in [-0.05, 0) is 6.07 Å². The molecule has 14 heavy (non-hydrogen) atoms. The third-order valence-electron chi connectivity index (χ3n) is 1.97. The Kier molecular flexibility index (Phi) is 1.63. The van der Waals surface area contributed by atoms with Gasteiger partial charge in [0.1, 0.15) is 0 Å². The van der Waals surface area contributed by atoms with Gasteiger partial charge in [0, 0.05) is 12.4 Å². The smallest absolute Gasteiger partial charge is 0.269 e. The lowest BCUT2D eigenvalue weighted by molar-refractivity contribution is 0.0997. The average molecular weight is 191 g/mol. The first kappa shape index (κ1) is 8.49. The molecule has 72 valence electrons. The molecule has 0 saturated carbocycles. The number of aromatic nitrogens is 3. The number of amides is 1. The summed E-state index contributed by atoms with van der Waals surface area (Å²) < 4.78 is 1.56. The van der Waals surface area contributed by atoms with Crippen LogP contribution in [0.3, 0.4) is 0 Å². The van der Waals surface area contributed by atoms with Crippen molar-refractivity contribution in [2.45, 2.75) is 0 Å². The number of aryl methyl sites for hydroxylation is 1. The van der Waals surface area contributed by atoms with Crippen molar-refractivity contribution in [1.29, 1.82) is 0 Å². The van der Waals surface area contributed by atoms with Gasteiger partial charge in [0.15, 0.2) is 11.3 Å². The number of fused-ring (bicyclic) bond motifs is 1. The molecule has 2 rings (SSSR count). The highest BCUT2D eigenvalue weighted by Crippen LogP contribution is 2.17. The van der Waals surface area contributed by atoms with E-state index in [1.54, 1.807) is 24.0 Å². The Hall–Kier alpha value is -2.11. The van der Waals surface area contributed by atoms with Crippen molar-refractivity contribution in [2.75, 3.05) is 5.73 Å². The molecule has 0 aliphatic rings. The molecule has 2 aromatic rings. The molecule has 0 unspecified atom stereocenters. The maximum Gasteiger partial charge on any atom is 0.269 e. The van der Waals surface area contributed by atoms with Crippen molar-refractivity contribution in [2.24, 2.45) is 12.8 Å². The number of nitrogens with zero attached hydrogens (tertiary/aromatic N) is 3. The Morgan fingerprint density at radius 3 is 2.93 bits per heavy atom. The van der Waals surface area contributed by atoms with Crippen LogP contribution in [0.5, 0.6) is 0 Å². The predicted octanol–water partition coefficient (Wildman–Crippen LogP) is -0.351. The van der Waals surface area contributed by atoms with Crippen LogP contribution in [-0.4, -0.2) is 20.7 Å². The van der Waals surface area contributed by atoms with Gasteiger partial charge in [0.25, 0.3) is 5.91 Å². The SMILES string of the molecule is Cn1ncc2cc(N)c(C(N)=O)nc21. The van der Waals surface area contributed by atoms with E-state index < -0.39 is 5.91 Å². The highest BCUT2D eigenvalue weighted by Gasteiger charge is 2.11. The first-order chi connectivity index (χ1) is 6.59. The largest absolute Gasteiger partial charge is 0.397 e. The maximum absolute atomic E-state index is 10.9. The van der Waals surface area contributed by atoms with E-state index >= 15 is 0 Å². The molecule has 1 amide bonds. The zero-order valence-electron chi connectivity index (χ0n) is 7.56. The number of nitrogen functional groups attached to an aromatic ring is 1. The van der Waals surface area contributed by atoms with E-state index in [-0.39, 0.29) is 11.4 Å². The minimum atomic E-state index is -0.634. The molecule has 6 heteroatoms. The molecule has 0 aliphatic carbocycles. The minimum Gasteiger partial charge on any atom is -0.397 e. The summed E-state index contributed by atoms with van der Waals surface area (Å²) in [4.78, 5) is 15.0. The Balaban J connectivity index is 2.80. The molecule has 0 aromatic carbocycles. The summed E-state index contributed by atoms with van der Waals surface area (Å²) >= 11 is 0. The Labute approximate surface area is 79.5 Å². The number of primary amides is 1. The Morgan fingerprint density at radius 2 is 2.29 bits per heavy atom. The summed E-state index contributed by atoms with van der Waals surface area (Å²) in [5.41, 5.74) is 11.7. The van der Waals surface area contributed by atoms with Crippen molar-refractivity contribution < 1.29 is 4.79 Å². The summed E-state index contributed by atoms with van der Waals surface area (Å²) in [6, 6.07) is 1.63. The van der Waals surface area contributed by atoms with Crippen LogP contribution < -0.4 is 11.5 Å². The van der Waals surface area contributed by atoms with Crippen LogP contribution in [0.2, 0.25) is 0 Å². The van der Waals surface area contributed by atoms with Crippen molar-refractivity contribution in [1.82, 2.24) is 14.8 Å². The number of hydrogen-bond acceptors (Lipinski definition) is 4. The quantitative estimate of drug-likeness (QED) is 0.643. The second-order valence-electron chi connectivity index (χ2n) is 2.97. The highest BCUT2D eigenvalue weighted by molar-refractivity contribution is 5.98. The zero-order valence-corrected chi connectivity index (χ0v) is 7.56. The van der Waals surface area contributed by atoms with E-state index in [2.05, 4.69) is 10.1 Å². The van der Waals surface area contributed by atoms with Crippen LogP contribution >= 0.6 is 0 Å². The summed E-state index contributed by atoms with van der Waals surface area (Å²) in [5.74, 6) is -0.634. The van der Waals surface area contributed by atoms with Gasteiger partial charge in [-0.25, -0.2) is 4.98 Å². The molecule has 4 N–H and O–H groups in total. The van der Waals surface area contributed by atoms with E-state index in [1.807, 2.05) is 0 Å². The van der Waals surface area contributed by atoms with E-state index in [0.717, 1.165) is 5.39 Å². The molecule has 0 fully saturated rings. The van der Waals surface area contributed by atoms with E-state index in [9.17, 15) is 4.79 Å². The van der Waals surface area contributed by atoms with Crippen molar-refractivity contribution in [3.05, 3.63) is 18.0 Å². The standard InChI is InChI=1S/C8H9N5O/c1-13-8-4(3-11-13)2-5(9)6(12-8)7(10)14/h2-3H,9H2,1H3,(H2,10,14). The Bertz CT molecular complexity index is 516. The second-order valence-corrected chi connectivity index (χ2v) is 2.97. The van der Waals surface area contributed by atoms with Gasteiger partial charge in [-0.3, -0.25) is 9.48 Å². The molecule has 0 radical (unpaired) electrons. The van der Waals surface area contributed by atoms with Gasteiger partial charge >= 0.3 is 0 Å². The first-order valence-electron chi connectivity index (χ1n) is 3.97. The van der Waals surface area contributed by atoms with Crippen LogP contribution in [0.25, 0.3) is 11.0 Å². The molecule has 2 heterocycles. The number of rotatable bonds is 1. The molecule has 0 spiro atoms. The molecular weight excluding hydrogens is 182 g/mol. The predicted molar refractivity (Wildman–Crippen MR) is 51.4 cm³/mol. The summed E-state index contributed by atoms with van der Waals surface area (Å²) in [5, 5.41) is 4.77. The minimum absolute atomic E-state index is 0.0844. The number of hydrogen-bond donors (Lipinski definition) is 2. The topological polar surface area (TPSA) is 99.8 Å². The van der Waals surface area contributed by atoms with Crippen LogP contribution in [0.15, 0.2) is 12.3 Å². The maximum atomic E-state index is 10.9. The highest BCUT2D eigenvalue weighted by atomic mass is 16.1. The van der Waals surface area contributed by atoms with Crippen LogP contribution in [0.1, 0.15) is 10.5 Å². The van der Waals surface area contributed by atoms with Crippen LogP contribution in [0, 0.1) is 0 Å². The lowest BCUT2D eigenvalue weighted by Gasteiger charge is -2.00. The van der Waals surface area contributed by atoms with Crippen molar-refractivity contribution >= 4 is 22.6 Å². The number of nitrogens with two attached hydrogens (primary N) is 2. The molecule has 0 aliphatic heterocycles. The average Bonchev–Trinajstić information content (AvgIpc) is 2.46.